The van der Waals surface area contributed by atoms with Gasteiger partial charge in [0.15, 0.2) is 11.2 Å². The lowest BCUT2D eigenvalue weighted by Crippen LogP contribution is -2.28. The van der Waals surface area contributed by atoms with Crippen LogP contribution in [0.2, 0.25) is 0 Å². The van der Waals surface area contributed by atoms with Crippen molar-refractivity contribution in [2.75, 3.05) is 11.9 Å². The molecule has 0 saturated carbocycles. The number of nitrogens with one attached hydrogen (secondary N) is 2. The minimum absolute atomic E-state index is 0.0488. The van der Waals surface area contributed by atoms with Crippen LogP contribution in [0.25, 0.3) is 11.2 Å². The molecule has 2 atom stereocenters. The van der Waals surface area contributed by atoms with E-state index in [1.165, 1.54) is 6.33 Å². The second-order valence-electron chi connectivity index (χ2n) is 6.21. The van der Waals surface area contributed by atoms with E-state index in [0.29, 0.717) is 5.65 Å². The first-order chi connectivity index (χ1) is 11.5. The van der Waals surface area contributed by atoms with E-state index < -0.39 is 5.56 Å². The van der Waals surface area contributed by atoms with Crippen LogP contribution >= 0.6 is 0 Å². The number of ether oxygens (including phenoxy) is 1. The Morgan fingerprint density at radius 2 is 2.33 bits per heavy atom. The first kappa shape index (κ1) is 16.6. The number of nitrogens with zero attached hydrogens (tertiary/aromatic N) is 3. The minimum atomic E-state index is -0.424. The maximum atomic E-state index is 12.2. The lowest BCUT2D eigenvalue weighted by atomic mass is 10.1. The third kappa shape index (κ3) is 3.17. The standard InChI is InChI=1S/C15H21N5O4/c1-8(2)13(22)18-15-17-12-11(14(23)19-15)16-7-20(12)10-5-3-4-9(6-21)24-10/h7-10,21H,3-6H2,1-2H3,(H2,17,18,19,22,23)/t9-,10+/m0/s1. The summed E-state index contributed by atoms with van der Waals surface area (Å²) in [5.74, 6) is -0.386. The molecule has 3 heterocycles. The Morgan fingerprint density at radius 3 is 3.04 bits per heavy atom. The minimum Gasteiger partial charge on any atom is -0.394 e. The van der Waals surface area contributed by atoms with E-state index in [1.54, 1.807) is 18.4 Å². The maximum absolute atomic E-state index is 12.2. The van der Waals surface area contributed by atoms with Gasteiger partial charge in [0.05, 0.1) is 19.0 Å². The molecule has 0 aliphatic carbocycles. The second kappa shape index (κ2) is 6.70. The lowest BCUT2D eigenvalue weighted by molar-refractivity contribution is -0.118. The van der Waals surface area contributed by atoms with Gasteiger partial charge >= 0.3 is 0 Å². The predicted molar refractivity (Wildman–Crippen MR) is 86.5 cm³/mol. The van der Waals surface area contributed by atoms with E-state index in [2.05, 4.69) is 20.3 Å². The third-order valence-electron chi connectivity index (χ3n) is 4.04. The normalized spacial score (nSPS) is 21.3. The summed E-state index contributed by atoms with van der Waals surface area (Å²) in [6.07, 6.45) is 3.36. The quantitative estimate of drug-likeness (QED) is 0.759. The van der Waals surface area contributed by atoms with Crippen LogP contribution in [0, 0.1) is 5.92 Å². The molecule has 1 aliphatic rings. The zero-order chi connectivity index (χ0) is 17.3. The summed E-state index contributed by atoms with van der Waals surface area (Å²) in [6.45, 7) is 3.45. The molecule has 9 nitrogen and oxygen atoms in total. The number of anilines is 1. The van der Waals surface area contributed by atoms with Crippen LogP contribution in [0.4, 0.5) is 5.95 Å². The van der Waals surface area contributed by atoms with Gasteiger partial charge < -0.3 is 9.84 Å². The van der Waals surface area contributed by atoms with Crippen LogP contribution in [-0.2, 0) is 9.53 Å². The number of aliphatic hydroxyl groups excluding tert-OH is 1. The topological polar surface area (TPSA) is 122 Å². The van der Waals surface area contributed by atoms with Crippen molar-refractivity contribution in [3.8, 4) is 0 Å². The van der Waals surface area contributed by atoms with Gasteiger partial charge in [-0.05, 0) is 19.3 Å². The summed E-state index contributed by atoms with van der Waals surface area (Å²) >= 11 is 0. The number of H-pyrrole nitrogens is 1. The first-order valence-electron chi connectivity index (χ1n) is 8.03. The van der Waals surface area contributed by atoms with Gasteiger partial charge in [0.2, 0.25) is 11.9 Å². The molecule has 1 aliphatic heterocycles. The molecule has 1 amide bonds. The highest BCUT2D eigenvalue weighted by molar-refractivity contribution is 5.91. The van der Waals surface area contributed by atoms with Crippen LogP contribution in [0.3, 0.4) is 0 Å². The van der Waals surface area contributed by atoms with Gasteiger partial charge in [-0.15, -0.1) is 0 Å². The van der Waals surface area contributed by atoms with Crippen molar-refractivity contribution in [3.05, 3.63) is 16.7 Å². The molecule has 24 heavy (non-hydrogen) atoms. The molecule has 130 valence electrons. The summed E-state index contributed by atoms with van der Waals surface area (Å²) in [5, 5.41) is 11.9. The molecule has 1 saturated heterocycles. The zero-order valence-corrected chi connectivity index (χ0v) is 13.7. The number of carbonyl (C=O) groups excluding carboxylic acids is 1. The number of imidazole rings is 1. The number of aromatic amines is 1. The van der Waals surface area contributed by atoms with Crippen molar-refractivity contribution in [1.29, 1.82) is 0 Å². The van der Waals surface area contributed by atoms with E-state index in [1.807, 2.05) is 0 Å². The Morgan fingerprint density at radius 1 is 1.54 bits per heavy atom. The van der Waals surface area contributed by atoms with Gasteiger partial charge in [-0.3, -0.25) is 24.5 Å². The monoisotopic (exact) mass is 335 g/mol. The SMILES string of the molecule is CC(C)C(=O)Nc1nc2c(ncn2[C@H]2CCC[C@@H](CO)O2)c(=O)[nH]1. The third-order valence-corrected chi connectivity index (χ3v) is 4.04. The van der Waals surface area contributed by atoms with Crippen LogP contribution in [0.1, 0.15) is 39.3 Å². The van der Waals surface area contributed by atoms with Gasteiger partial charge in [-0.25, -0.2) is 4.98 Å². The van der Waals surface area contributed by atoms with E-state index in [4.69, 9.17) is 4.74 Å². The highest BCUT2D eigenvalue weighted by atomic mass is 16.5. The van der Waals surface area contributed by atoms with E-state index in [9.17, 15) is 14.7 Å². The van der Waals surface area contributed by atoms with Crippen molar-refractivity contribution in [2.45, 2.75) is 45.4 Å². The van der Waals surface area contributed by atoms with Gasteiger partial charge in [-0.2, -0.15) is 4.98 Å². The molecule has 2 aromatic heterocycles. The summed E-state index contributed by atoms with van der Waals surface area (Å²) in [6, 6.07) is 0. The zero-order valence-electron chi connectivity index (χ0n) is 13.7. The predicted octanol–water partition coefficient (Wildman–Crippen LogP) is 0.774. The Kier molecular flexibility index (Phi) is 4.63. The molecule has 1 fully saturated rings. The van der Waals surface area contributed by atoms with Crippen molar-refractivity contribution in [1.82, 2.24) is 19.5 Å². The van der Waals surface area contributed by atoms with E-state index in [-0.39, 0.29) is 42.2 Å². The number of aromatic nitrogens is 4. The number of rotatable bonds is 4. The number of carbonyl (C=O) groups is 1. The van der Waals surface area contributed by atoms with Crippen molar-refractivity contribution >= 4 is 23.0 Å². The van der Waals surface area contributed by atoms with Crippen molar-refractivity contribution in [3.63, 3.8) is 0 Å². The van der Waals surface area contributed by atoms with Crippen LogP contribution in [0.15, 0.2) is 11.1 Å². The van der Waals surface area contributed by atoms with Gasteiger partial charge in [0.1, 0.15) is 6.23 Å². The largest absolute Gasteiger partial charge is 0.394 e. The smallest absolute Gasteiger partial charge is 0.280 e. The fourth-order valence-electron chi connectivity index (χ4n) is 2.67. The maximum Gasteiger partial charge on any atom is 0.280 e. The molecule has 0 aromatic carbocycles. The van der Waals surface area contributed by atoms with E-state index in [0.717, 1.165) is 19.3 Å². The van der Waals surface area contributed by atoms with Crippen LogP contribution in [-0.4, -0.2) is 43.2 Å². The highest BCUT2D eigenvalue weighted by Gasteiger charge is 2.25. The second-order valence-corrected chi connectivity index (χ2v) is 6.21. The average molecular weight is 335 g/mol. The Hall–Kier alpha value is -2.26. The number of fused-ring (bicyclic) bond motifs is 1. The molecule has 2 aromatic rings. The molecule has 3 rings (SSSR count). The number of amides is 1. The first-order valence-corrected chi connectivity index (χ1v) is 8.03. The van der Waals surface area contributed by atoms with Gasteiger partial charge in [0, 0.05) is 5.92 Å². The molecule has 0 unspecified atom stereocenters. The summed E-state index contributed by atoms with van der Waals surface area (Å²) < 4.78 is 7.50. The highest BCUT2D eigenvalue weighted by Crippen LogP contribution is 2.28. The molecule has 0 spiro atoms. The average Bonchev–Trinajstić information content (AvgIpc) is 2.99. The molecular formula is C15H21N5O4. The number of hydrogen-bond donors (Lipinski definition) is 3. The van der Waals surface area contributed by atoms with Gasteiger partial charge in [-0.1, -0.05) is 13.8 Å². The molecule has 9 heteroatoms. The van der Waals surface area contributed by atoms with Gasteiger partial charge in [0.25, 0.3) is 5.56 Å². The van der Waals surface area contributed by atoms with E-state index >= 15 is 0 Å². The molecular weight excluding hydrogens is 314 g/mol. The summed E-state index contributed by atoms with van der Waals surface area (Å²) in [5.41, 5.74) is 0.112. The van der Waals surface area contributed by atoms with Crippen molar-refractivity contribution in [2.24, 2.45) is 5.92 Å². The lowest BCUT2D eigenvalue weighted by Gasteiger charge is -2.29. The Bertz CT molecular complexity index is 797. The molecule has 3 N–H and O–H groups in total. The summed E-state index contributed by atoms with van der Waals surface area (Å²) in [7, 11) is 0. The molecule has 0 radical (unpaired) electrons. The Labute approximate surface area is 138 Å². The number of aliphatic hydroxyl groups is 1. The number of hydrogen-bond acceptors (Lipinski definition) is 6. The van der Waals surface area contributed by atoms with Crippen LogP contribution < -0.4 is 10.9 Å². The van der Waals surface area contributed by atoms with Crippen LogP contribution in [0.5, 0.6) is 0 Å². The fraction of sp³-hybridized carbons (Fsp3) is 0.600. The molecule has 0 bridgehead atoms. The summed E-state index contributed by atoms with van der Waals surface area (Å²) in [4.78, 5) is 34.9. The fourth-order valence-corrected chi connectivity index (χ4v) is 2.67. The van der Waals surface area contributed by atoms with Crippen molar-refractivity contribution < 1.29 is 14.6 Å². The Balaban J connectivity index is 1.96.